The van der Waals surface area contributed by atoms with Crippen LogP contribution in [0.4, 0.5) is 4.79 Å². The molecule has 0 heterocycles. The Kier molecular flexibility index (Phi) is 9.29. The molecule has 0 bridgehead atoms. The monoisotopic (exact) mass is 570 g/mol. The number of hydrogen-bond acceptors (Lipinski definition) is 6. The van der Waals surface area contributed by atoms with Gasteiger partial charge < -0.3 is 18.9 Å². The fourth-order valence-electron chi connectivity index (χ4n) is 4.43. The first-order chi connectivity index (χ1) is 20.9. The zero-order valence-electron chi connectivity index (χ0n) is 23.6. The molecule has 6 heteroatoms. The van der Waals surface area contributed by atoms with Gasteiger partial charge in [-0.05, 0) is 90.7 Å². The second-order valence-electron chi connectivity index (χ2n) is 9.89. The average molecular weight is 571 g/mol. The molecule has 0 aliphatic rings. The SMILES string of the molecule is C=C(C)C(=O)Oc1ccc(OC(=O)Oc2ccc(Oc3ccc(C(Cc4ccccc4)c4ccccc4)cc3)cc2)cc1. The van der Waals surface area contributed by atoms with E-state index in [9.17, 15) is 9.59 Å². The van der Waals surface area contributed by atoms with Gasteiger partial charge in [-0.1, -0.05) is 79.4 Å². The van der Waals surface area contributed by atoms with Crippen molar-refractivity contribution in [1.82, 2.24) is 0 Å². The third-order valence-corrected chi connectivity index (χ3v) is 6.61. The lowest BCUT2D eigenvalue weighted by molar-refractivity contribution is -0.130. The first-order valence-electron chi connectivity index (χ1n) is 13.8. The molecule has 5 rings (SSSR count). The minimum Gasteiger partial charge on any atom is -0.457 e. The third-order valence-electron chi connectivity index (χ3n) is 6.61. The topological polar surface area (TPSA) is 71.1 Å². The molecule has 0 radical (unpaired) electrons. The van der Waals surface area contributed by atoms with Gasteiger partial charge in [0.15, 0.2) is 0 Å². The molecule has 5 aromatic rings. The molecule has 0 amide bonds. The zero-order chi connectivity index (χ0) is 30.0. The van der Waals surface area contributed by atoms with E-state index < -0.39 is 12.1 Å². The number of benzene rings is 5. The molecule has 43 heavy (non-hydrogen) atoms. The highest BCUT2D eigenvalue weighted by atomic mass is 16.7. The van der Waals surface area contributed by atoms with E-state index in [1.54, 1.807) is 31.2 Å². The molecule has 5 aromatic carbocycles. The van der Waals surface area contributed by atoms with Crippen LogP contribution in [0.5, 0.6) is 28.7 Å². The van der Waals surface area contributed by atoms with Crippen molar-refractivity contribution < 1.29 is 28.5 Å². The molecule has 0 N–H and O–H groups in total. The number of carbonyl (C=O) groups excluding carboxylic acids is 2. The van der Waals surface area contributed by atoms with Gasteiger partial charge in [0.05, 0.1) is 0 Å². The Morgan fingerprint density at radius 2 is 0.977 bits per heavy atom. The lowest BCUT2D eigenvalue weighted by Gasteiger charge is -2.19. The molecule has 0 fully saturated rings. The maximum Gasteiger partial charge on any atom is 0.519 e. The minimum absolute atomic E-state index is 0.214. The molecule has 0 aliphatic carbocycles. The summed E-state index contributed by atoms with van der Waals surface area (Å²) in [5.41, 5.74) is 4.02. The number of ether oxygens (including phenoxy) is 4. The highest BCUT2D eigenvalue weighted by Crippen LogP contribution is 2.31. The van der Waals surface area contributed by atoms with E-state index in [2.05, 4.69) is 67.2 Å². The van der Waals surface area contributed by atoms with E-state index >= 15 is 0 Å². The van der Waals surface area contributed by atoms with Crippen molar-refractivity contribution in [3.63, 3.8) is 0 Å². The normalized spacial score (nSPS) is 11.2. The van der Waals surface area contributed by atoms with Crippen molar-refractivity contribution in [2.24, 2.45) is 0 Å². The summed E-state index contributed by atoms with van der Waals surface area (Å²) in [4.78, 5) is 23.9. The highest BCUT2D eigenvalue weighted by molar-refractivity contribution is 5.88. The largest absolute Gasteiger partial charge is 0.519 e. The molecule has 0 saturated heterocycles. The standard InChI is InChI=1S/C37H30O6/c1-26(2)36(38)41-32-19-23-34(24-20-32)43-37(39)42-33-21-17-31(18-22-33)40-30-15-13-29(14-16-30)35(28-11-7-4-8-12-28)25-27-9-5-3-6-10-27/h3-24,35H,1,25H2,2H3. The van der Waals surface area contributed by atoms with Crippen LogP contribution in [0.1, 0.15) is 29.5 Å². The molecule has 0 aliphatic heterocycles. The fraction of sp³-hybridized carbons (Fsp3) is 0.0811. The van der Waals surface area contributed by atoms with E-state index in [0.29, 0.717) is 23.0 Å². The second kappa shape index (κ2) is 13.8. The van der Waals surface area contributed by atoms with Gasteiger partial charge in [0.1, 0.15) is 28.7 Å². The first kappa shape index (κ1) is 28.9. The highest BCUT2D eigenvalue weighted by Gasteiger charge is 2.15. The van der Waals surface area contributed by atoms with Gasteiger partial charge in [0.2, 0.25) is 0 Å². The third kappa shape index (κ3) is 8.21. The predicted octanol–water partition coefficient (Wildman–Crippen LogP) is 8.91. The first-order valence-corrected chi connectivity index (χ1v) is 13.8. The summed E-state index contributed by atoms with van der Waals surface area (Å²) < 4.78 is 21.6. The van der Waals surface area contributed by atoms with E-state index in [1.165, 1.54) is 41.0 Å². The van der Waals surface area contributed by atoms with E-state index in [0.717, 1.165) is 6.42 Å². The van der Waals surface area contributed by atoms with Crippen LogP contribution in [0.3, 0.4) is 0 Å². The van der Waals surface area contributed by atoms with Crippen molar-refractivity contribution in [1.29, 1.82) is 0 Å². The molecule has 0 aromatic heterocycles. The van der Waals surface area contributed by atoms with Gasteiger partial charge in [0, 0.05) is 11.5 Å². The molecule has 0 saturated carbocycles. The Hall–Kier alpha value is -5.62. The summed E-state index contributed by atoms with van der Waals surface area (Å²) in [6.45, 7) is 5.09. The summed E-state index contributed by atoms with van der Waals surface area (Å²) >= 11 is 0. The van der Waals surface area contributed by atoms with Crippen LogP contribution >= 0.6 is 0 Å². The smallest absolute Gasteiger partial charge is 0.457 e. The van der Waals surface area contributed by atoms with Crippen molar-refractivity contribution in [2.75, 3.05) is 0 Å². The van der Waals surface area contributed by atoms with Crippen LogP contribution in [0.25, 0.3) is 0 Å². The quantitative estimate of drug-likeness (QED) is 0.0723. The molecular formula is C37H30O6. The van der Waals surface area contributed by atoms with Crippen molar-refractivity contribution in [3.05, 3.63) is 162 Å². The fourth-order valence-corrected chi connectivity index (χ4v) is 4.43. The molecular weight excluding hydrogens is 540 g/mol. The average Bonchev–Trinajstić information content (AvgIpc) is 3.03. The van der Waals surface area contributed by atoms with Gasteiger partial charge in [-0.2, -0.15) is 0 Å². The van der Waals surface area contributed by atoms with Crippen molar-refractivity contribution >= 4 is 12.1 Å². The molecule has 6 nitrogen and oxygen atoms in total. The Labute approximate surface area is 250 Å². The maximum absolute atomic E-state index is 12.2. The van der Waals surface area contributed by atoms with Crippen LogP contribution in [-0.4, -0.2) is 12.1 Å². The van der Waals surface area contributed by atoms with Gasteiger partial charge in [-0.15, -0.1) is 0 Å². The Morgan fingerprint density at radius 1 is 0.558 bits per heavy atom. The van der Waals surface area contributed by atoms with Crippen LogP contribution in [-0.2, 0) is 11.2 Å². The second-order valence-corrected chi connectivity index (χ2v) is 9.89. The van der Waals surface area contributed by atoms with Gasteiger partial charge in [0.25, 0.3) is 0 Å². The van der Waals surface area contributed by atoms with Gasteiger partial charge in [-0.3, -0.25) is 0 Å². The Balaban J connectivity index is 1.17. The molecule has 1 atom stereocenters. The Bertz CT molecular complexity index is 1660. The molecule has 214 valence electrons. The number of hydrogen-bond donors (Lipinski definition) is 0. The maximum atomic E-state index is 12.2. The number of esters is 1. The van der Waals surface area contributed by atoms with E-state index in [-0.39, 0.29) is 17.2 Å². The number of carbonyl (C=O) groups is 2. The van der Waals surface area contributed by atoms with Gasteiger partial charge >= 0.3 is 12.1 Å². The Morgan fingerprint density at radius 3 is 1.49 bits per heavy atom. The predicted molar refractivity (Wildman–Crippen MR) is 165 cm³/mol. The van der Waals surface area contributed by atoms with Crippen LogP contribution < -0.4 is 18.9 Å². The van der Waals surface area contributed by atoms with Crippen molar-refractivity contribution in [3.8, 4) is 28.7 Å². The van der Waals surface area contributed by atoms with E-state index in [4.69, 9.17) is 18.9 Å². The summed E-state index contributed by atoms with van der Waals surface area (Å²) in [6.07, 6.45) is -0.00933. The summed E-state index contributed by atoms with van der Waals surface area (Å²) in [5.74, 6) is 1.81. The zero-order valence-corrected chi connectivity index (χ0v) is 23.6. The van der Waals surface area contributed by atoms with Crippen LogP contribution in [0.2, 0.25) is 0 Å². The summed E-state index contributed by atoms with van der Waals surface area (Å²) in [5, 5.41) is 0. The van der Waals surface area contributed by atoms with Crippen molar-refractivity contribution in [2.45, 2.75) is 19.3 Å². The minimum atomic E-state index is -0.903. The lowest BCUT2D eigenvalue weighted by Crippen LogP contribution is -2.13. The molecule has 1 unspecified atom stereocenters. The van der Waals surface area contributed by atoms with Gasteiger partial charge in [-0.25, -0.2) is 9.59 Å². The molecule has 0 spiro atoms. The van der Waals surface area contributed by atoms with Crippen LogP contribution in [0, 0.1) is 0 Å². The lowest BCUT2D eigenvalue weighted by atomic mass is 9.86. The summed E-state index contributed by atoms with van der Waals surface area (Å²) in [6, 6.07) is 41.8. The van der Waals surface area contributed by atoms with Crippen LogP contribution in [0.15, 0.2) is 146 Å². The van der Waals surface area contributed by atoms with E-state index in [1.807, 2.05) is 24.3 Å². The summed E-state index contributed by atoms with van der Waals surface area (Å²) in [7, 11) is 0. The number of rotatable bonds is 10.